The van der Waals surface area contributed by atoms with Crippen molar-refractivity contribution in [2.75, 3.05) is 6.54 Å². The van der Waals surface area contributed by atoms with Gasteiger partial charge < -0.3 is 14.8 Å². The van der Waals surface area contributed by atoms with E-state index in [-0.39, 0.29) is 0 Å². The van der Waals surface area contributed by atoms with E-state index >= 15 is 0 Å². The summed E-state index contributed by atoms with van der Waals surface area (Å²) < 4.78 is 5.41. The zero-order valence-electron chi connectivity index (χ0n) is 7.87. The number of hydrogen-bond donors (Lipinski definition) is 2. The molecule has 0 radical (unpaired) electrons. The molecule has 0 amide bonds. The predicted molar refractivity (Wildman–Crippen MR) is 47.2 cm³/mol. The van der Waals surface area contributed by atoms with Crippen molar-refractivity contribution in [1.29, 1.82) is 0 Å². The highest BCUT2D eigenvalue weighted by molar-refractivity contribution is 5.10. The van der Waals surface area contributed by atoms with Gasteiger partial charge in [-0.1, -0.05) is 0 Å². The van der Waals surface area contributed by atoms with E-state index in [0.29, 0.717) is 5.89 Å². The van der Waals surface area contributed by atoms with Gasteiger partial charge in [0, 0.05) is 0 Å². The maximum absolute atomic E-state index is 9.75. The van der Waals surface area contributed by atoms with E-state index in [1.807, 2.05) is 13.8 Å². The van der Waals surface area contributed by atoms with Crippen LogP contribution in [0.15, 0.2) is 10.6 Å². The summed E-state index contributed by atoms with van der Waals surface area (Å²) in [6.07, 6.45) is 2.01. The van der Waals surface area contributed by atoms with Gasteiger partial charge >= 0.3 is 0 Å². The van der Waals surface area contributed by atoms with Gasteiger partial charge in [0.25, 0.3) is 0 Å². The van der Waals surface area contributed by atoms with Gasteiger partial charge in [0.2, 0.25) is 5.89 Å². The molecule has 1 aliphatic rings. The summed E-state index contributed by atoms with van der Waals surface area (Å²) in [7, 11) is 0. The second-order valence-electron chi connectivity index (χ2n) is 3.71. The van der Waals surface area contributed by atoms with Crippen LogP contribution in [-0.4, -0.2) is 22.7 Å². The minimum atomic E-state index is -0.506. The smallest absolute Gasteiger partial charge is 0.217 e. The maximum Gasteiger partial charge on any atom is 0.217 e. The maximum atomic E-state index is 9.75. The largest absolute Gasteiger partial charge is 0.444 e. The van der Waals surface area contributed by atoms with Crippen LogP contribution in [0.5, 0.6) is 0 Å². The third-order valence-corrected chi connectivity index (χ3v) is 2.64. The number of aryl methyl sites for hydroxylation is 1. The van der Waals surface area contributed by atoms with Crippen molar-refractivity contribution in [2.45, 2.75) is 31.9 Å². The SMILES string of the molecule is Cc1cnc(C2(C)NCCC2O)o1. The van der Waals surface area contributed by atoms with Crippen molar-refractivity contribution in [2.24, 2.45) is 0 Å². The Labute approximate surface area is 77.0 Å². The van der Waals surface area contributed by atoms with Crippen molar-refractivity contribution < 1.29 is 9.52 Å². The van der Waals surface area contributed by atoms with E-state index in [1.165, 1.54) is 0 Å². The van der Waals surface area contributed by atoms with E-state index in [1.54, 1.807) is 6.20 Å². The Balaban J connectivity index is 2.33. The molecule has 2 atom stereocenters. The molecule has 4 nitrogen and oxygen atoms in total. The molecule has 1 fully saturated rings. The average Bonchev–Trinajstić information content (AvgIpc) is 2.62. The summed E-state index contributed by atoms with van der Waals surface area (Å²) in [6, 6.07) is 0. The third-order valence-electron chi connectivity index (χ3n) is 2.64. The summed E-state index contributed by atoms with van der Waals surface area (Å²) >= 11 is 0. The normalized spacial score (nSPS) is 33.9. The van der Waals surface area contributed by atoms with Crippen LogP contribution in [-0.2, 0) is 5.54 Å². The number of hydrogen-bond acceptors (Lipinski definition) is 4. The first-order valence-corrected chi connectivity index (χ1v) is 4.49. The second-order valence-corrected chi connectivity index (χ2v) is 3.71. The first-order valence-electron chi connectivity index (χ1n) is 4.49. The first kappa shape index (κ1) is 8.72. The monoisotopic (exact) mass is 182 g/mol. The van der Waals surface area contributed by atoms with Crippen LogP contribution in [0, 0.1) is 6.92 Å². The molecule has 1 saturated heterocycles. The van der Waals surface area contributed by atoms with Crippen LogP contribution in [0.2, 0.25) is 0 Å². The molecule has 0 spiro atoms. The van der Waals surface area contributed by atoms with E-state index < -0.39 is 11.6 Å². The van der Waals surface area contributed by atoms with Gasteiger partial charge in [-0.05, 0) is 26.8 Å². The van der Waals surface area contributed by atoms with Gasteiger partial charge in [0.05, 0.1) is 12.3 Å². The minimum Gasteiger partial charge on any atom is -0.444 e. The Morgan fingerprint density at radius 3 is 3.00 bits per heavy atom. The molecule has 1 aliphatic heterocycles. The quantitative estimate of drug-likeness (QED) is 0.666. The van der Waals surface area contributed by atoms with Crippen molar-refractivity contribution in [3.63, 3.8) is 0 Å². The Morgan fingerprint density at radius 1 is 1.77 bits per heavy atom. The van der Waals surface area contributed by atoms with Crippen molar-refractivity contribution in [1.82, 2.24) is 10.3 Å². The molecular weight excluding hydrogens is 168 g/mol. The molecule has 0 aliphatic carbocycles. The molecule has 2 heterocycles. The van der Waals surface area contributed by atoms with E-state index in [0.717, 1.165) is 18.7 Å². The molecule has 2 N–H and O–H groups in total. The summed E-state index contributed by atoms with van der Waals surface area (Å²) in [6.45, 7) is 4.57. The van der Waals surface area contributed by atoms with E-state index in [4.69, 9.17) is 4.42 Å². The van der Waals surface area contributed by atoms with Crippen molar-refractivity contribution in [3.05, 3.63) is 17.8 Å². The molecule has 0 bridgehead atoms. The molecule has 1 aromatic rings. The number of nitrogens with zero attached hydrogens (tertiary/aromatic N) is 1. The highest BCUT2D eigenvalue weighted by Crippen LogP contribution is 2.29. The number of rotatable bonds is 1. The summed E-state index contributed by atoms with van der Waals surface area (Å²) in [5.41, 5.74) is -0.506. The van der Waals surface area contributed by atoms with Gasteiger partial charge in [-0.3, -0.25) is 0 Å². The fourth-order valence-corrected chi connectivity index (χ4v) is 1.69. The standard InChI is InChI=1S/C9H14N2O2/c1-6-5-10-8(13-6)9(2)7(12)3-4-11-9/h5,7,11-12H,3-4H2,1-2H3. The van der Waals surface area contributed by atoms with Crippen LogP contribution in [0.3, 0.4) is 0 Å². The van der Waals surface area contributed by atoms with Crippen LogP contribution in [0.4, 0.5) is 0 Å². The lowest BCUT2D eigenvalue weighted by Gasteiger charge is -2.24. The van der Waals surface area contributed by atoms with Gasteiger partial charge in [-0.25, -0.2) is 4.98 Å². The van der Waals surface area contributed by atoms with Crippen LogP contribution in [0.1, 0.15) is 25.0 Å². The van der Waals surface area contributed by atoms with Crippen LogP contribution >= 0.6 is 0 Å². The van der Waals surface area contributed by atoms with Gasteiger partial charge in [-0.2, -0.15) is 0 Å². The fraction of sp³-hybridized carbons (Fsp3) is 0.667. The molecule has 0 aromatic carbocycles. The Kier molecular flexibility index (Phi) is 1.89. The lowest BCUT2D eigenvalue weighted by Crippen LogP contribution is -2.41. The Bertz CT molecular complexity index is 310. The molecule has 13 heavy (non-hydrogen) atoms. The predicted octanol–water partition coefficient (Wildman–Crippen LogP) is 0.552. The van der Waals surface area contributed by atoms with Crippen LogP contribution < -0.4 is 5.32 Å². The molecule has 0 saturated carbocycles. The zero-order valence-corrected chi connectivity index (χ0v) is 7.87. The first-order chi connectivity index (χ1) is 6.13. The highest BCUT2D eigenvalue weighted by Gasteiger charge is 2.42. The average molecular weight is 182 g/mol. The van der Waals surface area contributed by atoms with Gasteiger partial charge in [0.1, 0.15) is 11.3 Å². The number of aliphatic hydroxyl groups excluding tert-OH is 1. The Hall–Kier alpha value is -0.870. The molecular formula is C9H14N2O2. The second kappa shape index (κ2) is 2.82. The minimum absolute atomic E-state index is 0.412. The summed E-state index contributed by atoms with van der Waals surface area (Å²) in [4.78, 5) is 4.13. The lowest BCUT2D eigenvalue weighted by molar-refractivity contribution is 0.0886. The molecule has 2 unspecified atom stereocenters. The van der Waals surface area contributed by atoms with Crippen molar-refractivity contribution in [3.8, 4) is 0 Å². The number of oxazole rings is 1. The third kappa shape index (κ3) is 1.26. The molecule has 4 heteroatoms. The topological polar surface area (TPSA) is 58.3 Å². The number of aromatic nitrogens is 1. The number of aliphatic hydroxyl groups is 1. The Morgan fingerprint density at radius 2 is 2.54 bits per heavy atom. The number of nitrogens with one attached hydrogen (secondary N) is 1. The molecule has 72 valence electrons. The summed E-state index contributed by atoms with van der Waals surface area (Å²) in [5.74, 6) is 1.35. The zero-order chi connectivity index (χ0) is 9.47. The van der Waals surface area contributed by atoms with Gasteiger partial charge in [-0.15, -0.1) is 0 Å². The van der Waals surface area contributed by atoms with Gasteiger partial charge in [0.15, 0.2) is 0 Å². The van der Waals surface area contributed by atoms with Crippen LogP contribution in [0.25, 0.3) is 0 Å². The van der Waals surface area contributed by atoms with Crippen molar-refractivity contribution >= 4 is 0 Å². The molecule has 2 rings (SSSR count). The van der Waals surface area contributed by atoms with E-state index in [2.05, 4.69) is 10.3 Å². The highest BCUT2D eigenvalue weighted by atomic mass is 16.4. The summed E-state index contributed by atoms with van der Waals surface area (Å²) in [5, 5.41) is 13.0. The molecule has 1 aromatic heterocycles. The van der Waals surface area contributed by atoms with E-state index in [9.17, 15) is 5.11 Å². The fourth-order valence-electron chi connectivity index (χ4n) is 1.69. The lowest BCUT2D eigenvalue weighted by atomic mass is 9.97.